The Morgan fingerprint density at radius 1 is 1.09 bits per heavy atom. The zero-order chi connectivity index (χ0) is 17.0. The molecule has 0 aromatic heterocycles. The van der Waals surface area contributed by atoms with Crippen LogP contribution in [0.2, 0.25) is 0 Å². The molecular weight excluding hydrogens is 310 g/mol. The molecule has 0 amide bonds. The molecule has 0 unspecified atom stereocenters. The maximum atomic E-state index is 12.7. The Kier molecular flexibility index (Phi) is 6.19. The van der Waals surface area contributed by atoms with E-state index in [2.05, 4.69) is 14.9 Å². The van der Waals surface area contributed by atoms with E-state index in [9.17, 15) is 8.42 Å². The standard InChI is InChI=1S/C17H29N3O2S/c1-13-12-14(2)16(4)17(15(13)3)23(21,22)19-6-5-9-20-10-7-18-8-11-20/h12,18-19H,5-11H2,1-4H3. The number of nitrogens with one attached hydrogen (secondary N) is 2. The van der Waals surface area contributed by atoms with Crippen LogP contribution < -0.4 is 10.0 Å². The number of sulfonamides is 1. The highest BCUT2D eigenvalue weighted by Gasteiger charge is 2.21. The Morgan fingerprint density at radius 2 is 1.65 bits per heavy atom. The molecule has 1 aliphatic heterocycles. The minimum Gasteiger partial charge on any atom is -0.314 e. The lowest BCUT2D eigenvalue weighted by molar-refractivity contribution is 0.239. The van der Waals surface area contributed by atoms with E-state index in [1.807, 2.05) is 33.8 Å². The van der Waals surface area contributed by atoms with Gasteiger partial charge in [0.2, 0.25) is 10.0 Å². The first-order valence-electron chi connectivity index (χ1n) is 8.33. The van der Waals surface area contributed by atoms with Gasteiger partial charge in [-0.1, -0.05) is 6.07 Å². The predicted octanol–water partition coefficient (Wildman–Crippen LogP) is 1.49. The summed E-state index contributed by atoms with van der Waals surface area (Å²) in [5.41, 5.74) is 3.74. The van der Waals surface area contributed by atoms with Crippen LogP contribution in [-0.2, 0) is 10.0 Å². The Morgan fingerprint density at radius 3 is 2.22 bits per heavy atom. The number of aryl methyl sites for hydroxylation is 2. The molecule has 130 valence electrons. The highest BCUT2D eigenvalue weighted by atomic mass is 32.2. The monoisotopic (exact) mass is 339 g/mol. The third kappa shape index (κ3) is 4.53. The van der Waals surface area contributed by atoms with Gasteiger partial charge in [0.15, 0.2) is 0 Å². The molecule has 0 aliphatic carbocycles. The molecule has 0 bridgehead atoms. The van der Waals surface area contributed by atoms with Gasteiger partial charge in [-0.05, 0) is 62.9 Å². The molecule has 1 fully saturated rings. The summed E-state index contributed by atoms with van der Waals surface area (Å²) in [6.45, 7) is 13.3. The van der Waals surface area contributed by atoms with Crippen LogP contribution in [0, 0.1) is 27.7 Å². The van der Waals surface area contributed by atoms with Crippen LogP contribution >= 0.6 is 0 Å². The number of hydrogen-bond donors (Lipinski definition) is 2. The van der Waals surface area contributed by atoms with Crippen molar-refractivity contribution in [1.29, 1.82) is 0 Å². The molecule has 0 saturated carbocycles. The molecule has 2 N–H and O–H groups in total. The summed E-state index contributed by atoms with van der Waals surface area (Å²) in [6.07, 6.45) is 0.835. The van der Waals surface area contributed by atoms with Gasteiger partial charge in [0.25, 0.3) is 0 Å². The molecule has 0 spiro atoms. The number of hydrogen-bond acceptors (Lipinski definition) is 4. The van der Waals surface area contributed by atoms with Crippen molar-refractivity contribution in [3.8, 4) is 0 Å². The van der Waals surface area contributed by atoms with Crippen molar-refractivity contribution in [1.82, 2.24) is 14.9 Å². The van der Waals surface area contributed by atoms with Crippen molar-refractivity contribution >= 4 is 10.0 Å². The van der Waals surface area contributed by atoms with Crippen molar-refractivity contribution in [3.05, 3.63) is 28.3 Å². The quantitative estimate of drug-likeness (QED) is 0.771. The van der Waals surface area contributed by atoms with E-state index in [4.69, 9.17) is 0 Å². The van der Waals surface area contributed by atoms with Crippen LogP contribution in [-0.4, -0.2) is 52.6 Å². The average Bonchev–Trinajstić information content (AvgIpc) is 2.51. The maximum Gasteiger partial charge on any atom is 0.241 e. The zero-order valence-corrected chi connectivity index (χ0v) is 15.5. The second-order valence-electron chi connectivity index (χ2n) is 6.43. The lowest BCUT2D eigenvalue weighted by Gasteiger charge is -2.27. The summed E-state index contributed by atoms with van der Waals surface area (Å²) >= 11 is 0. The summed E-state index contributed by atoms with van der Waals surface area (Å²) in [7, 11) is -3.45. The van der Waals surface area contributed by atoms with E-state index < -0.39 is 10.0 Å². The highest BCUT2D eigenvalue weighted by Crippen LogP contribution is 2.25. The summed E-state index contributed by atoms with van der Waals surface area (Å²) in [5, 5.41) is 3.32. The molecule has 1 heterocycles. The van der Waals surface area contributed by atoms with Crippen LogP contribution in [0.15, 0.2) is 11.0 Å². The van der Waals surface area contributed by atoms with E-state index in [-0.39, 0.29) is 0 Å². The van der Waals surface area contributed by atoms with Crippen LogP contribution in [0.25, 0.3) is 0 Å². The minimum absolute atomic E-state index is 0.456. The highest BCUT2D eigenvalue weighted by molar-refractivity contribution is 7.89. The molecule has 1 aromatic rings. The van der Waals surface area contributed by atoms with Crippen molar-refractivity contribution in [2.75, 3.05) is 39.3 Å². The smallest absolute Gasteiger partial charge is 0.241 e. The number of piperazine rings is 1. The molecular formula is C17H29N3O2S. The third-order valence-corrected chi connectivity index (χ3v) is 6.45. The van der Waals surface area contributed by atoms with Crippen molar-refractivity contribution < 1.29 is 8.42 Å². The van der Waals surface area contributed by atoms with E-state index >= 15 is 0 Å². The van der Waals surface area contributed by atoms with Gasteiger partial charge in [-0.2, -0.15) is 0 Å². The largest absolute Gasteiger partial charge is 0.314 e. The Bertz CT molecular complexity index is 624. The Labute approximate surface area is 140 Å². The van der Waals surface area contributed by atoms with Crippen molar-refractivity contribution in [2.24, 2.45) is 0 Å². The summed E-state index contributed by atoms with van der Waals surface area (Å²) in [4.78, 5) is 2.83. The van der Waals surface area contributed by atoms with Gasteiger partial charge in [0.1, 0.15) is 0 Å². The molecule has 1 aromatic carbocycles. The van der Waals surface area contributed by atoms with Crippen LogP contribution in [0.1, 0.15) is 28.7 Å². The Balaban J connectivity index is 1.99. The second kappa shape index (κ2) is 7.75. The summed E-state index contributed by atoms with van der Waals surface area (Å²) in [6, 6.07) is 2.05. The van der Waals surface area contributed by atoms with Gasteiger partial charge in [-0.25, -0.2) is 13.1 Å². The normalized spacial score (nSPS) is 16.7. The van der Waals surface area contributed by atoms with E-state index in [0.29, 0.717) is 11.4 Å². The summed E-state index contributed by atoms with van der Waals surface area (Å²) < 4.78 is 28.2. The zero-order valence-electron chi connectivity index (χ0n) is 14.7. The first kappa shape index (κ1) is 18.4. The molecule has 2 rings (SSSR count). The van der Waals surface area contributed by atoms with E-state index in [1.165, 1.54) is 0 Å². The maximum absolute atomic E-state index is 12.7. The molecule has 5 nitrogen and oxygen atoms in total. The first-order valence-corrected chi connectivity index (χ1v) is 9.81. The first-order chi connectivity index (χ1) is 10.8. The van der Waals surface area contributed by atoms with E-state index in [1.54, 1.807) is 0 Å². The van der Waals surface area contributed by atoms with Gasteiger partial charge in [-0.15, -0.1) is 0 Å². The molecule has 1 aliphatic rings. The van der Waals surface area contributed by atoms with Gasteiger partial charge < -0.3 is 10.2 Å². The lowest BCUT2D eigenvalue weighted by atomic mass is 10.0. The van der Waals surface area contributed by atoms with Crippen LogP contribution in [0.3, 0.4) is 0 Å². The second-order valence-corrected chi connectivity index (χ2v) is 8.14. The Hall–Kier alpha value is -0.950. The SMILES string of the molecule is Cc1cc(C)c(C)c(S(=O)(=O)NCCCN2CCNCC2)c1C. The van der Waals surface area contributed by atoms with Crippen LogP contribution in [0.4, 0.5) is 0 Å². The van der Waals surface area contributed by atoms with Crippen molar-refractivity contribution in [2.45, 2.75) is 39.0 Å². The number of benzene rings is 1. The van der Waals surface area contributed by atoms with Gasteiger partial charge in [-0.3, -0.25) is 0 Å². The predicted molar refractivity (Wildman–Crippen MR) is 94.5 cm³/mol. The molecule has 6 heteroatoms. The molecule has 23 heavy (non-hydrogen) atoms. The number of rotatable bonds is 6. The average molecular weight is 340 g/mol. The fourth-order valence-electron chi connectivity index (χ4n) is 3.10. The molecule has 0 atom stereocenters. The van der Waals surface area contributed by atoms with Crippen LogP contribution in [0.5, 0.6) is 0 Å². The van der Waals surface area contributed by atoms with Gasteiger partial charge in [0.05, 0.1) is 4.90 Å². The van der Waals surface area contributed by atoms with E-state index in [0.717, 1.165) is 61.4 Å². The fraction of sp³-hybridized carbons (Fsp3) is 0.647. The minimum atomic E-state index is -3.45. The molecule has 1 saturated heterocycles. The molecule has 0 radical (unpaired) electrons. The number of nitrogens with zero attached hydrogens (tertiary/aromatic N) is 1. The van der Waals surface area contributed by atoms with Crippen molar-refractivity contribution in [3.63, 3.8) is 0 Å². The van der Waals surface area contributed by atoms with Gasteiger partial charge in [0, 0.05) is 32.7 Å². The third-order valence-electron chi connectivity index (χ3n) is 4.72. The van der Waals surface area contributed by atoms with Gasteiger partial charge >= 0.3 is 0 Å². The summed E-state index contributed by atoms with van der Waals surface area (Å²) in [5.74, 6) is 0. The topological polar surface area (TPSA) is 61.4 Å². The lowest BCUT2D eigenvalue weighted by Crippen LogP contribution is -2.44. The fourth-order valence-corrected chi connectivity index (χ4v) is 4.79.